The molecule has 4 rings (SSSR count). The van der Waals surface area contributed by atoms with Gasteiger partial charge in [0.05, 0.1) is 23.9 Å². The van der Waals surface area contributed by atoms with Crippen molar-refractivity contribution >= 4 is 22.7 Å². The van der Waals surface area contributed by atoms with Crippen molar-refractivity contribution in [3.05, 3.63) is 65.9 Å². The summed E-state index contributed by atoms with van der Waals surface area (Å²) in [5.41, 5.74) is 7.55. The fourth-order valence-corrected chi connectivity index (χ4v) is 4.04. The van der Waals surface area contributed by atoms with E-state index in [1.54, 1.807) is 30.2 Å². The molecule has 1 aliphatic heterocycles. The number of hydrogen-bond acceptors (Lipinski definition) is 5. The van der Waals surface area contributed by atoms with E-state index >= 15 is 0 Å². The van der Waals surface area contributed by atoms with E-state index in [1.807, 2.05) is 36.4 Å². The van der Waals surface area contributed by atoms with Gasteiger partial charge in [-0.05, 0) is 37.1 Å². The summed E-state index contributed by atoms with van der Waals surface area (Å²) >= 11 is 0. The highest BCUT2D eigenvalue weighted by Gasteiger charge is 2.29. The number of fused-ring (bicyclic) bond motifs is 1. The highest BCUT2D eigenvalue weighted by molar-refractivity contribution is 5.97. The van der Waals surface area contributed by atoms with Gasteiger partial charge in [-0.15, -0.1) is 0 Å². The van der Waals surface area contributed by atoms with Gasteiger partial charge in [0.15, 0.2) is 18.1 Å². The van der Waals surface area contributed by atoms with Crippen LogP contribution in [0.1, 0.15) is 34.8 Å². The van der Waals surface area contributed by atoms with Crippen LogP contribution in [0.15, 0.2) is 54.6 Å². The summed E-state index contributed by atoms with van der Waals surface area (Å²) in [6, 6.07) is 16.7. The largest absolute Gasteiger partial charge is 0.493 e. The van der Waals surface area contributed by atoms with E-state index in [2.05, 4.69) is 0 Å². The summed E-state index contributed by atoms with van der Waals surface area (Å²) < 4.78 is 11.0. The number of amides is 2. The van der Waals surface area contributed by atoms with Gasteiger partial charge in [0.25, 0.3) is 11.8 Å². The minimum atomic E-state index is -0.504. The van der Waals surface area contributed by atoms with Crippen molar-refractivity contribution in [3.8, 4) is 11.5 Å². The van der Waals surface area contributed by atoms with Crippen LogP contribution in [0.2, 0.25) is 0 Å². The second kappa shape index (κ2) is 9.04. The Morgan fingerprint density at radius 3 is 2.65 bits per heavy atom. The molecule has 1 aliphatic rings. The number of benzene rings is 2. The number of hydrogen-bond donors (Lipinski definition) is 1. The molecule has 160 valence electrons. The van der Waals surface area contributed by atoms with Crippen molar-refractivity contribution in [1.82, 2.24) is 9.88 Å². The summed E-state index contributed by atoms with van der Waals surface area (Å²) in [6.45, 7) is 1.03. The zero-order chi connectivity index (χ0) is 21.8. The van der Waals surface area contributed by atoms with Crippen LogP contribution >= 0.6 is 0 Å². The number of ether oxygens (including phenoxy) is 2. The number of aromatic nitrogens is 1. The number of carbonyl (C=O) groups is 2. The molecule has 1 fully saturated rings. The maximum atomic E-state index is 12.8. The molecular formula is C24H25N3O4. The van der Waals surface area contributed by atoms with Gasteiger partial charge in [-0.1, -0.05) is 30.3 Å². The number of para-hydroxylation sites is 3. The molecule has 0 spiro atoms. The summed E-state index contributed by atoms with van der Waals surface area (Å²) in [4.78, 5) is 31.5. The normalized spacial score (nSPS) is 16.2. The monoisotopic (exact) mass is 419 g/mol. The van der Waals surface area contributed by atoms with E-state index in [0.29, 0.717) is 35.8 Å². The van der Waals surface area contributed by atoms with Crippen LogP contribution in [-0.4, -0.2) is 48.5 Å². The topological polar surface area (TPSA) is 94.8 Å². The van der Waals surface area contributed by atoms with E-state index in [9.17, 15) is 9.59 Å². The Bertz CT molecular complexity index is 1110. The SMILES string of the molecule is COc1ccccc1OCC(=O)N1CCC[C@H](c2nc3ccccc3cc2C(N)=O)C1. The number of nitrogens with two attached hydrogens (primary N) is 1. The number of pyridine rings is 1. The lowest BCUT2D eigenvalue weighted by molar-refractivity contribution is -0.134. The van der Waals surface area contributed by atoms with E-state index in [1.165, 1.54) is 0 Å². The van der Waals surface area contributed by atoms with Crippen molar-refractivity contribution in [1.29, 1.82) is 0 Å². The molecule has 0 radical (unpaired) electrons. The Balaban J connectivity index is 1.51. The van der Waals surface area contributed by atoms with Crippen LogP contribution in [0.3, 0.4) is 0 Å². The number of carbonyl (C=O) groups excluding carboxylic acids is 2. The molecule has 0 saturated carbocycles. The van der Waals surface area contributed by atoms with Gasteiger partial charge in [0.1, 0.15) is 0 Å². The van der Waals surface area contributed by atoms with Gasteiger partial charge in [-0.2, -0.15) is 0 Å². The summed E-state index contributed by atoms with van der Waals surface area (Å²) in [5.74, 6) is 0.432. The Labute approximate surface area is 180 Å². The minimum absolute atomic E-state index is 0.0592. The van der Waals surface area contributed by atoms with E-state index in [4.69, 9.17) is 20.2 Å². The lowest BCUT2D eigenvalue weighted by Gasteiger charge is -2.33. The molecule has 1 saturated heterocycles. The van der Waals surface area contributed by atoms with Crippen molar-refractivity contribution in [3.63, 3.8) is 0 Å². The Morgan fingerprint density at radius 2 is 1.87 bits per heavy atom. The number of piperidine rings is 1. The number of likely N-dealkylation sites (tertiary alicyclic amines) is 1. The molecular weight excluding hydrogens is 394 g/mol. The summed E-state index contributed by atoms with van der Waals surface area (Å²) in [6.07, 6.45) is 1.65. The molecule has 2 aromatic carbocycles. The first-order valence-corrected chi connectivity index (χ1v) is 10.3. The van der Waals surface area contributed by atoms with Crippen LogP contribution < -0.4 is 15.2 Å². The lowest BCUT2D eigenvalue weighted by atomic mass is 9.90. The fourth-order valence-electron chi connectivity index (χ4n) is 4.04. The maximum Gasteiger partial charge on any atom is 0.260 e. The predicted molar refractivity (Wildman–Crippen MR) is 117 cm³/mol. The van der Waals surface area contributed by atoms with Crippen molar-refractivity contribution < 1.29 is 19.1 Å². The molecule has 0 bridgehead atoms. The Morgan fingerprint density at radius 1 is 1.13 bits per heavy atom. The fraction of sp³-hybridized carbons (Fsp3) is 0.292. The highest BCUT2D eigenvalue weighted by atomic mass is 16.5. The second-order valence-corrected chi connectivity index (χ2v) is 7.60. The van der Waals surface area contributed by atoms with Gasteiger partial charge < -0.3 is 20.1 Å². The average molecular weight is 419 g/mol. The Hall–Kier alpha value is -3.61. The van der Waals surface area contributed by atoms with Gasteiger partial charge in [0.2, 0.25) is 0 Å². The molecule has 0 unspecified atom stereocenters. The van der Waals surface area contributed by atoms with Crippen LogP contribution in [0.5, 0.6) is 11.5 Å². The zero-order valence-electron chi connectivity index (χ0n) is 17.4. The molecule has 2 N–H and O–H groups in total. The third-order valence-corrected chi connectivity index (χ3v) is 5.60. The molecule has 7 heteroatoms. The minimum Gasteiger partial charge on any atom is -0.493 e. The molecule has 2 heterocycles. The number of methoxy groups -OCH3 is 1. The van der Waals surface area contributed by atoms with Crippen LogP contribution in [0.4, 0.5) is 0 Å². The molecule has 31 heavy (non-hydrogen) atoms. The van der Waals surface area contributed by atoms with Crippen molar-refractivity contribution in [2.45, 2.75) is 18.8 Å². The van der Waals surface area contributed by atoms with Crippen LogP contribution in [-0.2, 0) is 4.79 Å². The first kappa shape index (κ1) is 20.7. The van der Waals surface area contributed by atoms with Gasteiger partial charge in [-0.3, -0.25) is 14.6 Å². The number of nitrogens with zero attached hydrogens (tertiary/aromatic N) is 2. The number of primary amides is 1. The molecule has 1 atom stereocenters. The molecule has 0 aliphatic carbocycles. The molecule has 2 amide bonds. The van der Waals surface area contributed by atoms with Crippen LogP contribution in [0.25, 0.3) is 10.9 Å². The summed E-state index contributed by atoms with van der Waals surface area (Å²) in [7, 11) is 1.56. The van der Waals surface area contributed by atoms with Crippen LogP contribution in [0, 0.1) is 0 Å². The standard InChI is InChI=1S/C24H25N3O4/c1-30-20-10-4-5-11-21(20)31-15-22(28)27-12-6-8-17(14-27)23-18(24(25)29)13-16-7-2-3-9-19(16)26-23/h2-5,7,9-11,13,17H,6,8,12,14-15H2,1H3,(H2,25,29)/t17-/m0/s1. The van der Waals surface area contributed by atoms with Gasteiger partial charge >= 0.3 is 0 Å². The average Bonchev–Trinajstić information content (AvgIpc) is 2.81. The Kier molecular flexibility index (Phi) is 6.02. The quantitative estimate of drug-likeness (QED) is 0.662. The second-order valence-electron chi connectivity index (χ2n) is 7.60. The number of rotatable bonds is 6. The third-order valence-electron chi connectivity index (χ3n) is 5.60. The van der Waals surface area contributed by atoms with E-state index in [0.717, 1.165) is 23.7 Å². The maximum absolute atomic E-state index is 12.8. The van der Waals surface area contributed by atoms with E-state index < -0.39 is 5.91 Å². The molecule has 1 aromatic heterocycles. The third kappa shape index (κ3) is 4.45. The first-order chi connectivity index (χ1) is 15.1. The van der Waals surface area contributed by atoms with Crippen molar-refractivity contribution in [2.24, 2.45) is 5.73 Å². The van der Waals surface area contributed by atoms with Crippen molar-refractivity contribution in [2.75, 3.05) is 26.8 Å². The van der Waals surface area contributed by atoms with Gasteiger partial charge in [-0.25, -0.2) is 0 Å². The molecule has 3 aromatic rings. The van der Waals surface area contributed by atoms with Gasteiger partial charge in [0, 0.05) is 24.4 Å². The smallest absolute Gasteiger partial charge is 0.260 e. The first-order valence-electron chi connectivity index (χ1n) is 10.3. The van der Waals surface area contributed by atoms with E-state index in [-0.39, 0.29) is 18.4 Å². The predicted octanol–water partition coefficient (Wildman–Crippen LogP) is 3.13. The highest BCUT2D eigenvalue weighted by Crippen LogP contribution is 2.30. The molecule has 7 nitrogen and oxygen atoms in total. The lowest BCUT2D eigenvalue weighted by Crippen LogP contribution is -2.42. The summed E-state index contributed by atoms with van der Waals surface area (Å²) in [5, 5.41) is 0.869. The zero-order valence-corrected chi connectivity index (χ0v) is 17.4.